The molecular formula is C21H36N4O5. The first-order valence-corrected chi connectivity index (χ1v) is 10.3. The van der Waals surface area contributed by atoms with Gasteiger partial charge >= 0.3 is 0 Å². The van der Waals surface area contributed by atoms with E-state index in [0.717, 1.165) is 18.7 Å². The molecule has 1 unspecified atom stereocenters. The number of hydrogen-bond acceptors (Lipinski definition) is 7. The van der Waals surface area contributed by atoms with Crippen LogP contribution >= 0.6 is 0 Å². The van der Waals surface area contributed by atoms with Gasteiger partial charge in [0.1, 0.15) is 0 Å². The Morgan fingerprint density at radius 2 is 1.83 bits per heavy atom. The number of aliphatic hydroxyl groups is 1. The van der Waals surface area contributed by atoms with E-state index in [0.29, 0.717) is 62.6 Å². The van der Waals surface area contributed by atoms with Crippen molar-refractivity contribution in [3.05, 3.63) is 17.7 Å². The number of methoxy groups -OCH3 is 3. The highest BCUT2D eigenvalue weighted by molar-refractivity contribution is 5.79. The molecule has 0 aromatic heterocycles. The van der Waals surface area contributed by atoms with Crippen molar-refractivity contribution in [3.63, 3.8) is 0 Å². The molecule has 1 atom stereocenters. The number of ether oxygens (including phenoxy) is 4. The Balaban J connectivity index is 2.05. The maximum Gasteiger partial charge on any atom is 0.203 e. The lowest BCUT2D eigenvalue weighted by Gasteiger charge is -2.34. The van der Waals surface area contributed by atoms with Crippen LogP contribution in [0.1, 0.15) is 19.4 Å². The van der Waals surface area contributed by atoms with Crippen molar-refractivity contribution in [2.45, 2.75) is 26.0 Å². The van der Waals surface area contributed by atoms with Crippen LogP contribution in [-0.2, 0) is 11.3 Å². The summed E-state index contributed by atoms with van der Waals surface area (Å²) in [4.78, 5) is 6.86. The summed E-state index contributed by atoms with van der Waals surface area (Å²) in [5, 5.41) is 17.3. The zero-order valence-electron chi connectivity index (χ0n) is 18.8. The van der Waals surface area contributed by atoms with Gasteiger partial charge in [-0.25, -0.2) is 4.99 Å². The van der Waals surface area contributed by atoms with Crippen molar-refractivity contribution in [1.82, 2.24) is 15.5 Å². The molecule has 1 aromatic carbocycles. The first-order chi connectivity index (χ1) is 14.4. The molecule has 0 aliphatic carbocycles. The molecule has 2 rings (SSSR count). The van der Waals surface area contributed by atoms with E-state index in [1.54, 1.807) is 21.3 Å². The summed E-state index contributed by atoms with van der Waals surface area (Å²) in [7, 11) is 4.76. The molecule has 0 spiro atoms. The van der Waals surface area contributed by atoms with Crippen LogP contribution in [-0.4, -0.2) is 88.8 Å². The van der Waals surface area contributed by atoms with Gasteiger partial charge < -0.3 is 34.7 Å². The number of rotatable bonds is 10. The van der Waals surface area contributed by atoms with Crippen molar-refractivity contribution in [2.24, 2.45) is 4.99 Å². The fraction of sp³-hybridized carbons (Fsp3) is 0.667. The highest BCUT2D eigenvalue weighted by atomic mass is 16.5. The van der Waals surface area contributed by atoms with Crippen LogP contribution in [0.25, 0.3) is 0 Å². The number of hydrogen-bond donors (Lipinski definition) is 3. The van der Waals surface area contributed by atoms with Crippen LogP contribution in [0.2, 0.25) is 0 Å². The van der Waals surface area contributed by atoms with Gasteiger partial charge in [-0.2, -0.15) is 0 Å². The van der Waals surface area contributed by atoms with Gasteiger partial charge in [0.15, 0.2) is 17.5 Å². The summed E-state index contributed by atoms with van der Waals surface area (Å²) < 4.78 is 21.7. The third-order valence-corrected chi connectivity index (χ3v) is 4.84. The van der Waals surface area contributed by atoms with Crippen LogP contribution in [0.15, 0.2) is 17.1 Å². The maximum atomic E-state index is 10.8. The smallest absolute Gasteiger partial charge is 0.203 e. The summed E-state index contributed by atoms with van der Waals surface area (Å²) in [6.45, 7) is 8.96. The molecule has 0 bridgehead atoms. The molecule has 1 fully saturated rings. The second-order valence-electron chi connectivity index (χ2n) is 7.43. The van der Waals surface area contributed by atoms with Crippen LogP contribution in [0.5, 0.6) is 17.2 Å². The predicted molar refractivity (Wildman–Crippen MR) is 117 cm³/mol. The van der Waals surface area contributed by atoms with Crippen LogP contribution in [0, 0.1) is 0 Å². The second kappa shape index (κ2) is 11.8. The van der Waals surface area contributed by atoms with Gasteiger partial charge in [-0.05, 0) is 26.0 Å². The van der Waals surface area contributed by atoms with Crippen molar-refractivity contribution in [3.8, 4) is 17.2 Å². The van der Waals surface area contributed by atoms with E-state index < -0.39 is 5.60 Å². The third kappa shape index (κ3) is 6.93. The number of β-amino-alcohol motifs (C(OH)–C–C–N with tert-alkyl or cyclic N) is 1. The summed E-state index contributed by atoms with van der Waals surface area (Å²) in [6, 6.07) is 3.74. The van der Waals surface area contributed by atoms with Gasteiger partial charge in [0.25, 0.3) is 0 Å². The minimum absolute atomic E-state index is 0.374. The largest absolute Gasteiger partial charge is 0.493 e. The van der Waals surface area contributed by atoms with Crippen molar-refractivity contribution in [1.29, 1.82) is 0 Å². The Kier molecular flexibility index (Phi) is 9.48. The first-order valence-electron chi connectivity index (χ1n) is 10.3. The lowest BCUT2D eigenvalue weighted by molar-refractivity contribution is -0.0201. The summed E-state index contributed by atoms with van der Waals surface area (Å²) in [6.07, 6.45) is 0. The molecule has 1 heterocycles. The van der Waals surface area contributed by atoms with Crippen LogP contribution in [0.4, 0.5) is 0 Å². The molecule has 170 valence electrons. The first kappa shape index (κ1) is 24.0. The fourth-order valence-corrected chi connectivity index (χ4v) is 3.36. The fourth-order valence-electron chi connectivity index (χ4n) is 3.36. The zero-order valence-corrected chi connectivity index (χ0v) is 18.8. The number of aliphatic imine (C=N–C) groups is 1. The number of morpholine rings is 1. The minimum Gasteiger partial charge on any atom is -0.493 e. The van der Waals surface area contributed by atoms with Gasteiger partial charge in [-0.1, -0.05) is 0 Å². The highest BCUT2D eigenvalue weighted by Crippen LogP contribution is 2.39. The Hall–Kier alpha value is -2.23. The summed E-state index contributed by atoms with van der Waals surface area (Å²) in [5.41, 5.74) is -0.0263. The topological polar surface area (TPSA) is 96.8 Å². The van der Waals surface area contributed by atoms with Gasteiger partial charge in [0, 0.05) is 38.3 Å². The van der Waals surface area contributed by atoms with Gasteiger partial charge in [-0.3, -0.25) is 4.90 Å². The van der Waals surface area contributed by atoms with Gasteiger partial charge in [0.05, 0.1) is 46.7 Å². The summed E-state index contributed by atoms with van der Waals surface area (Å²) in [5.74, 6) is 2.36. The molecular weight excluding hydrogens is 388 g/mol. The minimum atomic E-state index is -0.894. The standard InChI is InChI=1S/C21H36N4O5/c1-6-22-20(24-14-21(2,26)15-25-9-11-30-12-10-25)23-13-16-7-8-17(27-3)19(29-5)18(16)28-4/h7-8,26H,6,9-15H2,1-5H3,(H2,22,23,24). The van der Waals surface area contributed by atoms with Crippen molar-refractivity contribution >= 4 is 5.96 Å². The second-order valence-corrected chi connectivity index (χ2v) is 7.43. The Bertz CT molecular complexity index is 690. The van der Waals surface area contributed by atoms with E-state index >= 15 is 0 Å². The van der Waals surface area contributed by atoms with Gasteiger partial charge in [-0.15, -0.1) is 0 Å². The lowest BCUT2D eigenvalue weighted by atomic mass is 10.1. The quantitative estimate of drug-likeness (QED) is 0.376. The molecule has 0 amide bonds. The van der Waals surface area contributed by atoms with Crippen LogP contribution in [0.3, 0.4) is 0 Å². The number of nitrogens with one attached hydrogen (secondary N) is 2. The van der Waals surface area contributed by atoms with E-state index in [-0.39, 0.29) is 0 Å². The zero-order chi connectivity index (χ0) is 22.0. The van der Waals surface area contributed by atoms with E-state index in [1.165, 1.54) is 0 Å². The molecule has 0 saturated carbocycles. The van der Waals surface area contributed by atoms with E-state index in [4.69, 9.17) is 18.9 Å². The molecule has 30 heavy (non-hydrogen) atoms. The lowest BCUT2D eigenvalue weighted by Crippen LogP contribution is -2.52. The number of benzene rings is 1. The van der Waals surface area contributed by atoms with Crippen LogP contribution < -0.4 is 24.8 Å². The van der Waals surface area contributed by atoms with E-state index in [2.05, 4.69) is 20.5 Å². The molecule has 0 radical (unpaired) electrons. The van der Waals surface area contributed by atoms with Crippen molar-refractivity contribution in [2.75, 3.05) is 67.3 Å². The Morgan fingerprint density at radius 1 is 1.13 bits per heavy atom. The Morgan fingerprint density at radius 3 is 2.43 bits per heavy atom. The SMILES string of the molecule is CCNC(=NCc1ccc(OC)c(OC)c1OC)NCC(C)(O)CN1CCOCC1. The monoisotopic (exact) mass is 424 g/mol. The van der Waals surface area contributed by atoms with E-state index in [1.807, 2.05) is 26.0 Å². The average Bonchev–Trinajstić information content (AvgIpc) is 2.75. The molecule has 9 nitrogen and oxygen atoms in total. The molecule has 1 aliphatic heterocycles. The molecule has 1 aromatic rings. The number of guanidine groups is 1. The normalized spacial score (nSPS) is 17.2. The van der Waals surface area contributed by atoms with Crippen molar-refractivity contribution < 1.29 is 24.1 Å². The maximum absolute atomic E-state index is 10.8. The Labute approximate surface area is 179 Å². The molecule has 3 N–H and O–H groups in total. The molecule has 1 saturated heterocycles. The van der Waals surface area contributed by atoms with E-state index in [9.17, 15) is 5.11 Å². The number of nitrogens with zero attached hydrogens (tertiary/aromatic N) is 2. The van der Waals surface area contributed by atoms with Gasteiger partial charge in [0.2, 0.25) is 5.75 Å². The highest BCUT2D eigenvalue weighted by Gasteiger charge is 2.25. The predicted octanol–water partition coefficient (Wildman–Crippen LogP) is 0.851. The average molecular weight is 425 g/mol. The molecule has 9 heteroatoms. The third-order valence-electron chi connectivity index (χ3n) is 4.84. The summed E-state index contributed by atoms with van der Waals surface area (Å²) >= 11 is 0. The molecule has 1 aliphatic rings.